The van der Waals surface area contributed by atoms with E-state index in [1.54, 1.807) is 12.3 Å². The Hall–Kier alpha value is -3.42. The van der Waals surface area contributed by atoms with Crippen molar-refractivity contribution in [2.24, 2.45) is 0 Å². The van der Waals surface area contributed by atoms with Crippen LogP contribution in [-0.4, -0.2) is 25.1 Å². The van der Waals surface area contributed by atoms with Crippen molar-refractivity contribution >= 4 is 11.6 Å². The first-order valence-electron chi connectivity index (χ1n) is 10.2. The highest BCUT2D eigenvalue weighted by atomic mass is 19.1. The van der Waals surface area contributed by atoms with E-state index in [1.165, 1.54) is 14.2 Å². The van der Waals surface area contributed by atoms with Gasteiger partial charge in [0.2, 0.25) is 5.91 Å². The van der Waals surface area contributed by atoms with Crippen LogP contribution in [0, 0.1) is 18.6 Å². The van der Waals surface area contributed by atoms with E-state index in [9.17, 15) is 4.79 Å². The molecule has 1 aromatic carbocycles. The van der Waals surface area contributed by atoms with Gasteiger partial charge in [-0.3, -0.25) is 9.78 Å². The van der Waals surface area contributed by atoms with Crippen LogP contribution in [0.15, 0.2) is 37.2 Å². The number of aromatic nitrogens is 1. The molecule has 1 aromatic heterocycles. The van der Waals surface area contributed by atoms with Crippen LogP contribution in [0.2, 0.25) is 0 Å². The SMILES string of the molecule is C=CC(=C)NCc1ncc2c(c1C)C1(CC1)C(=O)N(c1c(F)c(OC)cc(OC)c1F)C2. The fourth-order valence-electron chi connectivity index (χ4n) is 4.42. The number of halogens is 2. The molecule has 1 amide bonds. The molecule has 1 fully saturated rings. The van der Waals surface area contributed by atoms with Crippen LogP contribution in [0.25, 0.3) is 0 Å². The van der Waals surface area contributed by atoms with Gasteiger partial charge in [-0.1, -0.05) is 13.2 Å². The lowest BCUT2D eigenvalue weighted by molar-refractivity contribution is -0.121. The Labute approximate surface area is 185 Å². The zero-order valence-electron chi connectivity index (χ0n) is 18.3. The first-order valence-corrected chi connectivity index (χ1v) is 10.2. The molecular weight excluding hydrogens is 416 g/mol. The van der Waals surface area contributed by atoms with Gasteiger partial charge in [-0.25, -0.2) is 8.78 Å². The summed E-state index contributed by atoms with van der Waals surface area (Å²) in [6, 6.07) is 1.13. The van der Waals surface area contributed by atoms with Crippen molar-refractivity contribution in [1.82, 2.24) is 10.3 Å². The van der Waals surface area contributed by atoms with Crippen molar-refractivity contribution in [2.75, 3.05) is 19.1 Å². The van der Waals surface area contributed by atoms with E-state index < -0.39 is 22.7 Å². The van der Waals surface area contributed by atoms with Gasteiger partial charge in [0, 0.05) is 18.0 Å². The van der Waals surface area contributed by atoms with E-state index in [-0.39, 0.29) is 24.0 Å². The van der Waals surface area contributed by atoms with E-state index >= 15 is 8.78 Å². The van der Waals surface area contributed by atoms with Crippen LogP contribution >= 0.6 is 0 Å². The van der Waals surface area contributed by atoms with Gasteiger partial charge in [-0.15, -0.1) is 0 Å². The van der Waals surface area contributed by atoms with Gasteiger partial charge in [0.05, 0.1) is 38.4 Å². The Morgan fingerprint density at radius 1 is 1.28 bits per heavy atom. The fraction of sp³-hybridized carbons (Fsp3) is 0.333. The normalized spacial score (nSPS) is 15.9. The van der Waals surface area contributed by atoms with Gasteiger partial charge < -0.3 is 19.7 Å². The number of ether oxygens (including phenoxy) is 2. The first-order chi connectivity index (χ1) is 15.3. The third-order valence-electron chi connectivity index (χ3n) is 6.27. The summed E-state index contributed by atoms with van der Waals surface area (Å²) in [6.07, 6.45) is 4.51. The smallest absolute Gasteiger partial charge is 0.238 e. The standard InChI is InChI=1S/C24H25F2N3O3/c1-6-13(2)27-11-16-14(3)19-15(10-28-16)12-29(23(30)24(19)7-8-24)22-20(25)17(31-4)9-18(32-5)21(22)26/h6,9-10,27H,1-2,7-8,11-12H2,3-5H3. The molecule has 1 aliphatic heterocycles. The van der Waals surface area contributed by atoms with Gasteiger partial charge in [0.15, 0.2) is 23.1 Å². The number of carbonyl (C=O) groups is 1. The molecule has 4 rings (SSSR count). The minimum atomic E-state index is -0.938. The lowest BCUT2D eigenvalue weighted by atomic mass is 9.83. The molecule has 0 radical (unpaired) electrons. The number of amides is 1. The predicted octanol–water partition coefficient (Wildman–Crippen LogP) is 4.05. The van der Waals surface area contributed by atoms with E-state index in [1.807, 2.05) is 6.92 Å². The monoisotopic (exact) mass is 441 g/mol. The Kier molecular flexibility index (Phi) is 5.40. The van der Waals surface area contributed by atoms with Crippen molar-refractivity contribution in [1.29, 1.82) is 0 Å². The minimum absolute atomic E-state index is 0.000985. The van der Waals surface area contributed by atoms with Crippen molar-refractivity contribution in [3.63, 3.8) is 0 Å². The lowest BCUT2D eigenvalue weighted by Gasteiger charge is -2.36. The zero-order valence-corrected chi connectivity index (χ0v) is 18.3. The van der Waals surface area contributed by atoms with Crippen molar-refractivity contribution < 1.29 is 23.0 Å². The van der Waals surface area contributed by atoms with Gasteiger partial charge in [0.1, 0.15) is 5.69 Å². The highest BCUT2D eigenvalue weighted by Crippen LogP contribution is 2.56. The number of benzene rings is 1. The summed E-state index contributed by atoms with van der Waals surface area (Å²) in [6.45, 7) is 9.88. The Morgan fingerprint density at radius 2 is 1.91 bits per heavy atom. The van der Waals surface area contributed by atoms with Crippen LogP contribution in [-0.2, 0) is 23.3 Å². The second-order valence-electron chi connectivity index (χ2n) is 8.04. The van der Waals surface area contributed by atoms with Crippen LogP contribution in [0.3, 0.4) is 0 Å². The molecule has 2 heterocycles. The molecule has 0 saturated heterocycles. The van der Waals surface area contributed by atoms with Gasteiger partial charge in [-0.05, 0) is 42.5 Å². The maximum absolute atomic E-state index is 15.2. The van der Waals surface area contributed by atoms with Crippen molar-refractivity contribution in [3.8, 4) is 11.5 Å². The molecule has 6 nitrogen and oxygen atoms in total. The number of nitrogens with zero attached hydrogens (tertiary/aromatic N) is 2. The molecule has 8 heteroatoms. The number of fused-ring (bicyclic) bond motifs is 2. The molecule has 2 aromatic rings. The van der Waals surface area contributed by atoms with E-state index in [0.717, 1.165) is 33.4 Å². The second kappa shape index (κ2) is 7.93. The number of pyridine rings is 1. The summed E-state index contributed by atoms with van der Waals surface area (Å²) in [5.41, 5.74) is 2.78. The Bertz CT molecular complexity index is 1110. The Morgan fingerprint density at radius 3 is 2.44 bits per heavy atom. The fourth-order valence-corrected chi connectivity index (χ4v) is 4.42. The number of hydrogen-bond acceptors (Lipinski definition) is 5. The average Bonchev–Trinajstić information content (AvgIpc) is 3.57. The third kappa shape index (κ3) is 3.21. The molecule has 1 saturated carbocycles. The zero-order chi connectivity index (χ0) is 23.2. The lowest BCUT2D eigenvalue weighted by Crippen LogP contribution is -2.45. The number of anilines is 1. The average molecular weight is 441 g/mol. The largest absolute Gasteiger partial charge is 0.493 e. The minimum Gasteiger partial charge on any atom is -0.493 e. The quantitative estimate of drug-likeness (QED) is 0.657. The third-order valence-corrected chi connectivity index (χ3v) is 6.27. The summed E-state index contributed by atoms with van der Waals surface area (Å²) in [7, 11) is 2.55. The van der Waals surface area contributed by atoms with Crippen molar-refractivity contribution in [3.05, 3.63) is 71.2 Å². The number of methoxy groups -OCH3 is 2. The van der Waals surface area contributed by atoms with Crippen LogP contribution in [0.5, 0.6) is 11.5 Å². The molecule has 1 spiro atoms. The number of rotatable bonds is 7. The topological polar surface area (TPSA) is 63.7 Å². The van der Waals surface area contributed by atoms with Gasteiger partial charge in [0.25, 0.3) is 0 Å². The second-order valence-corrected chi connectivity index (χ2v) is 8.04. The molecular formula is C24H25F2N3O3. The molecule has 1 aliphatic carbocycles. The highest BCUT2D eigenvalue weighted by Gasteiger charge is 2.58. The van der Waals surface area contributed by atoms with E-state index in [0.29, 0.717) is 25.1 Å². The van der Waals surface area contributed by atoms with Gasteiger partial charge in [-0.2, -0.15) is 0 Å². The maximum Gasteiger partial charge on any atom is 0.238 e. The molecule has 2 aliphatic rings. The van der Waals surface area contributed by atoms with Gasteiger partial charge >= 0.3 is 0 Å². The summed E-state index contributed by atoms with van der Waals surface area (Å²) in [5, 5.41) is 3.13. The summed E-state index contributed by atoms with van der Waals surface area (Å²) < 4.78 is 40.4. The number of nitrogens with one attached hydrogen (secondary N) is 1. The highest BCUT2D eigenvalue weighted by molar-refractivity contribution is 6.05. The summed E-state index contributed by atoms with van der Waals surface area (Å²) in [5.74, 6) is -2.60. The number of allylic oxidation sites excluding steroid dienone is 1. The maximum atomic E-state index is 15.2. The number of carbonyl (C=O) groups excluding carboxylic acids is 1. The first kappa shape index (κ1) is 21.8. The molecule has 168 valence electrons. The van der Waals surface area contributed by atoms with Crippen molar-refractivity contribution in [2.45, 2.75) is 38.3 Å². The molecule has 0 atom stereocenters. The van der Waals surface area contributed by atoms with E-state index in [4.69, 9.17) is 9.47 Å². The molecule has 1 N–H and O–H groups in total. The molecule has 0 bridgehead atoms. The molecule has 32 heavy (non-hydrogen) atoms. The number of hydrogen-bond donors (Lipinski definition) is 1. The van der Waals surface area contributed by atoms with Crippen LogP contribution in [0.1, 0.15) is 35.2 Å². The van der Waals surface area contributed by atoms with Crippen LogP contribution in [0.4, 0.5) is 14.5 Å². The Balaban J connectivity index is 1.80. The van der Waals surface area contributed by atoms with E-state index in [2.05, 4.69) is 23.5 Å². The van der Waals surface area contributed by atoms with Crippen LogP contribution < -0.4 is 19.7 Å². The summed E-state index contributed by atoms with van der Waals surface area (Å²) >= 11 is 0. The predicted molar refractivity (Wildman–Crippen MR) is 117 cm³/mol. The summed E-state index contributed by atoms with van der Waals surface area (Å²) in [4.78, 5) is 19.3. The molecule has 0 unspecified atom stereocenters.